The van der Waals surface area contributed by atoms with Gasteiger partial charge in [-0.3, -0.25) is 0 Å². The molecule has 0 saturated heterocycles. The maximum absolute atomic E-state index is 10.9. The summed E-state index contributed by atoms with van der Waals surface area (Å²) in [6.45, 7) is 3.22. The molecule has 0 aromatic carbocycles. The van der Waals surface area contributed by atoms with Gasteiger partial charge in [0.1, 0.15) is 13.3 Å². The highest BCUT2D eigenvalue weighted by atomic mass is 31.2. The first-order valence-corrected chi connectivity index (χ1v) is 6.48. The highest BCUT2D eigenvalue weighted by molar-refractivity contribution is 7.62. The molecular weight excluding hydrogens is 168 g/mol. The molecule has 2 atom stereocenters. The van der Waals surface area contributed by atoms with Crippen LogP contribution in [0, 0.1) is 0 Å². The smallest absolute Gasteiger partial charge is 0.224 e. The third-order valence-corrected chi connectivity index (χ3v) is 5.29. The Morgan fingerprint density at radius 2 is 1.40 bits per heavy atom. The fraction of sp³-hybridized carbons (Fsp3) is 1.00. The lowest BCUT2D eigenvalue weighted by molar-refractivity contribution is 0.430. The molecule has 0 N–H and O–H groups in total. The van der Waals surface area contributed by atoms with Crippen molar-refractivity contribution >= 4 is 15.6 Å². The highest BCUT2D eigenvalue weighted by Crippen LogP contribution is 2.40. The molecule has 0 amide bonds. The van der Waals surface area contributed by atoms with Crippen LogP contribution in [0.3, 0.4) is 0 Å². The van der Waals surface area contributed by atoms with Crippen molar-refractivity contribution in [1.29, 1.82) is 0 Å². The van der Waals surface area contributed by atoms with Gasteiger partial charge in [0.05, 0.1) is 0 Å². The molecular formula is C5H13NO2P2+2. The first-order valence-electron chi connectivity index (χ1n) is 2.93. The second-order valence-electron chi connectivity index (χ2n) is 2.40. The average Bonchev–Trinajstić information content (AvgIpc) is 1.59. The minimum Gasteiger partial charge on any atom is -0.224 e. The van der Waals surface area contributed by atoms with E-state index in [4.69, 9.17) is 0 Å². The van der Waals surface area contributed by atoms with E-state index in [1.165, 1.54) is 0 Å². The maximum Gasteiger partial charge on any atom is 0.407 e. The molecule has 5 heteroatoms. The fourth-order valence-corrected chi connectivity index (χ4v) is 4.01. The largest absolute Gasteiger partial charge is 0.407 e. The second-order valence-corrected chi connectivity index (χ2v) is 5.97. The molecule has 0 spiro atoms. The molecule has 0 aliphatic carbocycles. The zero-order valence-corrected chi connectivity index (χ0v) is 8.52. The Bertz CT molecular complexity index is 144. The molecule has 0 fully saturated rings. The van der Waals surface area contributed by atoms with Gasteiger partial charge in [0.2, 0.25) is 0 Å². The predicted octanol–water partition coefficient (Wildman–Crippen LogP) is 1.75. The lowest BCUT2D eigenvalue weighted by Gasteiger charge is -2.02. The summed E-state index contributed by atoms with van der Waals surface area (Å²) in [5, 5.41) is 0. The van der Waals surface area contributed by atoms with Gasteiger partial charge in [-0.2, -0.15) is 0 Å². The van der Waals surface area contributed by atoms with Crippen LogP contribution in [0.1, 0.15) is 0 Å². The normalized spacial score (nSPS) is 16.9. The van der Waals surface area contributed by atoms with Crippen LogP contribution in [0.4, 0.5) is 0 Å². The number of nitrogens with zero attached hydrogens (tertiary/aromatic N) is 1. The summed E-state index contributed by atoms with van der Waals surface area (Å²) >= 11 is 0. The Kier molecular flexibility index (Phi) is 4.19. The van der Waals surface area contributed by atoms with Crippen molar-refractivity contribution < 1.29 is 9.13 Å². The van der Waals surface area contributed by atoms with E-state index in [2.05, 4.69) is 0 Å². The van der Waals surface area contributed by atoms with Gasteiger partial charge in [-0.05, 0) is 14.1 Å². The van der Waals surface area contributed by atoms with Crippen molar-refractivity contribution in [3.63, 3.8) is 0 Å². The minimum absolute atomic E-state index is 0.259. The molecule has 0 aromatic heterocycles. The van der Waals surface area contributed by atoms with E-state index in [-0.39, 0.29) is 5.52 Å². The van der Waals surface area contributed by atoms with Crippen molar-refractivity contribution in [3.05, 3.63) is 0 Å². The van der Waals surface area contributed by atoms with Crippen LogP contribution in [0.15, 0.2) is 0 Å². The van der Waals surface area contributed by atoms with Crippen LogP contribution in [-0.4, -0.2) is 37.8 Å². The molecule has 0 saturated carbocycles. The summed E-state index contributed by atoms with van der Waals surface area (Å²) in [6.07, 6.45) is 0. The van der Waals surface area contributed by atoms with Crippen LogP contribution in [0.5, 0.6) is 0 Å². The molecule has 0 radical (unpaired) electrons. The molecule has 0 aromatic rings. The molecule has 0 aliphatic rings. The summed E-state index contributed by atoms with van der Waals surface area (Å²) in [7, 11) is 0.878. The minimum atomic E-state index is -1.35. The zero-order valence-electron chi connectivity index (χ0n) is 6.74. The maximum atomic E-state index is 10.9. The van der Waals surface area contributed by atoms with Crippen LogP contribution >= 0.6 is 15.6 Å². The number of rotatable bonds is 3. The topological polar surface area (TPSA) is 37.4 Å². The Hall–Kier alpha value is 0.160. The summed E-state index contributed by atoms with van der Waals surface area (Å²) < 4.78 is 21.9. The van der Waals surface area contributed by atoms with E-state index in [1.807, 2.05) is 0 Å². The fourth-order valence-electron chi connectivity index (χ4n) is 0.879. The Morgan fingerprint density at radius 1 is 1.10 bits per heavy atom. The molecule has 2 unspecified atom stereocenters. The van der Waals surface area contributed by atoms with Crippen LogP contribution in [-0.2, 0) is 9.13 Å². The molecule has 0 rings (SSSR count). The third kappa shape index (κ3) is 2.83. The molecule has 0 aliphatic heterocycles. The monoisotopic (exact) mass is 181 g/mol. The molecule has 0 heterocycles. The van der Waals surface area contributed by atoms with Crippen LogP contribution < -0.4 is 0 Å². The quantitative estimate of drug-likeness (QED) is 0.622. The van der Waals surface area contributed by atoms with Gasteiger partial charge in [0, 0.05) is 0 Å². The van der Waals surface area contributed by atoms with Gasteiger partial charge in [-0.15, -0.1) is 0 Å². The van der Waals surface area contributed by atoms with Gasteiger partial charge < -0.3 is 0 Å². The zero-order chi connectivity index (χ0) is 8.31. The Labute approximate surface area is 63.4 Å². The van der Waals surface area contributed by atoms with Crippen LogP contribution in [0.25, 0.3) is 0 Å². The summed E-state index contributed by atoms with van der Waals surface area (Å²) in [5.41, 5.74) is -0.259. The Morgan fingerprint density at radius 3 is 1.40 bits per heavy atom. The van der Waals surface area contributed by atoms with Gasteiger partial charge in [-0.25, -0.2) is 4.90 Å². The lowest BCUT2D eigenvalue weighted by Crippen LogP contribution is -2.20. The van der Waals surface area contributed by atoms with E-state index in [0.29, 0.717) is 0 Å². The highest BCUT2D eigenvalue weighted by Gasteiger charge is 2.42. The molecule has 10 heavy (non-hydrogen) atoms. The van der Waals surface area contributed by atoms with E-state index < -0.39 is 15.6 Å². The van der Waals surface area contributed by atoms with E-state index in [1.54, 1.807) is 32.3 Å². The first kappa shape index (κ1) is 10.2. The summed E-state index contributed by atoms with van der Waals surface area (Å²) in [5.74, 6) is 0. The van der Waals surface area contributed by atoms with E-state index in [9.17, 15) is 9.13 Å². The predicted molar refractivity (Wildman–Crippen MR) is 44.5 cm³/mol. The SMILES string of the molecule is CN(C)C([P+](C)=O)[P+](C)=O. The molecule has 0 bridgehead atoms. The van der Waals surface area contributed by atoms with Crippen molar-refractivity contribution in [2.45, 2.75) is 5.52 Å². The molecule has 58 valence electrons. The summed E-state index contributed by atoms with van der Waals surface area (Å²) in [4.78, 5) is 1.75. The van der Waals surface area contributed by atoms with Crippen molar-refractivity contribution in [1.82, 2.24) is 4.90 Å². The molecule has 3 nitrogen and oxygen atoms in total. The Balaban J connectivity index is 4.27. The standard InChI is InChI=1S/C5H13NO2P2/c1-6(2)5(9(3)7)10(4)8/h5H,1-4H3/q+2. The van der Waals surface area contributed by atoms with Gasteiger partial charge >= 0.3 is 21.1 Å². The number of hydrogen-bond acceptors (Lipinski definition) is 3. The van der Waals surface area contributed by atoms with Crippen LogP contribution in [0.2, 0.25) is 0 Å². The van der Waals surface area contributed by atoms with Gasteiger partial charge in [0.25, 0.3) is 0 Å². The number of hydrogen-bond donors (Lipinski definition) is 0. The average molecular weight is 181 g/mol. The third-order valence-electron chi connectivity index (χ3n) is 1.11. The van der Waals surface area contributed by atoms with E-state index in [0.717, 1.165) is 0 Å². The van der Waals surface area contributed by atoms with Gasteiger partial charge in [0.15, 0.2) is 0 Å². The van der Waals surface area contributed by atoms with Crippen molar-refractivity contribution in [2.24, 2.45) is 0 Å². The van der Waals surface area contributed by atoms with Gasteiger partial charge in [-0.1, -0.05) is 9.13 Å². The second kappa shape index (κ2) is 4.12. The van der Waals surface area contributed by atoms with Crippen molar-refractivity contribution in [3.8, 4) is 0 Å². The first-order chi connectivity index (χ1) is 4.46. The summed E-state index contributed by atoms with van der Waals surface area (Å²) in [6, 6.07) is 0. The lowest BCUT2D eigenvalue weighted by atomic mass is 11.0. The van der Waals surface area contributed by atoms with Crippen molar-refractivity contribution in [2.75, 3.05) is 27.4 Å². The van der Waals surface area contributed by atoms with E-state index >= 15 is 0 Å².